The van der Waals surface area contributed by atoms with Gasteiger partial charge in [-0.05, 0) is 41.5 Å². The highest BCUT2D eigenvalue weighted by molar-refractivity contribution is 5.71. The number of rotatable bonds is 29. The van der Waals surface area contributed by atoms with Gasteiger partial charge in [0.2, 0.25) is 0 Å². The van der Waals surface area contributed by atoms with Crippen LogP contribution >= 0.6 is 0 Å². The van der Waals surface area contributed by atoms with Crippen molar-refractivity contribution in [2.75, 3.05) is 125 Å². The van der Waals surface area contributed by atoms with Gasteiger partial charge >= 0.3 is 12.1 Å². The van der Waals surface area contributed by atoms with Crippen molar-refractivity contribution in [3.8, 4) is 0 Å². The fourth-order valence-corrected chi connectivity index (χ4v) is 2.83. The molecule has 0 aliphatic rings. The van der Waals surface area contributed by atoms with Crippen molar-refractivity contribution < 1.29 is 61.7 Å². The molecule has 14 heteroatoms. The van der Waals surface area contributed by atoms with E-state index in [4.69, 9.17) is 52.1 Å². The van der Waals surface area contributed by atoms with Gasteiger partial charge in [0.15, 0.2) is 0 Å². The Morgan fingerprint density at radius 1 is 0.419 bits per heavy atom. The van der Waals surface area contributed by atoms with E-state index in [9.17, 15) is 9.59 Å². The maximum absolute atomic E-state index is 11.5. The van der Waals surface area contributed by atoms with Gasteiger partial charge in [0.25, 0.3) is 0 Å². The highest BCUT2D eigenvalue weighted by atomic mass is 16.6. The molecule has 0 aliphatic carbocycles. The van der Waals surface area contributed by atoms with Gasteiger partial charge in [-0.25, -0.2) is 9.59 Å². The number of carbonyl (C=O) groups excluding carboxylic acids is 2. The Hall–Kier alpha value is -1.62. The van der Waals surface area contributed by atoms with Crippen LogP contribution in [0.4, 0.5) is 4.79 Å². The maximum Gasteiger partial charge on any atom is 0.407 e. The van der Waals surface area contributed by atoms with Crippen molar-refractivity contribution in [3.05, 3.63) is 0 Å². The van der Waals surface area contributed by atoms with Crippen LogP contribution < -0.4 is 5.32 Å². The van der Waals surface area contributed by atoms with Gasteiger partial charge in [-0.1, -0.05) is 0 Å². The molecule has 0 unspecified atom stereocenters. The molecule has 0 atom stereocenters. The lowest BCUT2D eigenvalue weighted by atomic mass is 10.2. The quantitative estimate of drug-likeness (QED) is 0.0953. The summed E-state index contributed by atoms with van der Waals surface area (Å²) in [5, 5.41) is 2.62. The van der Waals surface area contributed by atoms with Crippen LogP contribution in [0.5, 0.6) is 0 Å². The van der Waals surface area contributed by atoms with Crippen LogP contribution in [0.1, 0.15) is 41.5 Å². The molecule has 0 aromatic carbocycles. The summed E-state index contributed by atoms with van der Waals surface area (Å²) in [6.45, 7) is 18.8. The molecule has 0 radical (unpaired) electrons. The minimum atomic E-state index is -0.513. The van der Waals surface area contributed by atoms with Crippen molar-refractivity contribution in [2.45, 2.75) is 52.7 Å². The normalized spacial score (nSPS) is 12.0. The fourth-order valence-electron chi connectivity index (χ4n) is 2.83. The zero-order valence-corrected chi connectivity index (χ0v) is 27.2. The molecule has 0 saturated carbocycles. The molecule has 0 spiro atoms. The predicted octanol–water partition coefficient (Wildman–Crippen LogP) is 2.00. The van der Waals surface area contributed by atoms with Crippen LogP contribution in [0.15, 0.2) is 0 Å². The molecule has 0 aromatic heterocycles. The third-order valence-electron chi connectivity index (χ3n) is 4.53. The predicted molar refractivity (Wildman–Crippen MR) is 157 cm³/mol. The first kappa shape index (κ1) is 41.4. The Morgan fingerprint density at radius 3 is 1.00 bits per heavy atom. The van der Waals surface area contributed by atoms with E-state index in [1.807, 2.05) is 41.5 Å². The molecule has 0 saturated heterocycles. The minimum absolute atomic E-state index is 0.0863. The van der Waals surface area contributed by atoms with E-state index in [1.165, 1.54) is 0 Å². The average molecular weight is 628 g/mol. The highest BCUT2D eigenvalue weighted by Crippen LogP contribution is 2.07. The van der Waals surface area contributed by atoms with Crippen LogP contribution in [-0.4, -0.2) is 149 Å². The van der Waals surface area contributed by atoms with E-state index in [2.05, 4.69) is 5.32 Å². The lowest BCUT2D eigenvalue weighted by molar-refractivity contribution is -0.160. The second kappa shape index (κ2) is 27.9. The molecular weight excluding hydrogens is 570 g/mol. The number of alkyl carbamates (subject to hydrolysis) is 1. The minimum Gasteiger partial charge on any atom is -0.458 e. The van der Waals surface area contributed by atoms with Crippen molar-refractivity contribution in [1.82, 2.24) is 5.32 Å². The van der Waals surface area contributed by atoms with E-state index in [-0.39, 0.29) is 12.6 Å². The number of esters is 1. The molecular formula is C29H57NO13. The van der Waals surface area contributed by atoms with E-state index in [1.54, 1.807) is 0 Å². The number of hydrogen-bond acceptors (Lipinski definition) is 13. The SMILES string of the molecule is CC(C)(C)OC(=O)COCCOCCOCCOCCOCCOCCOCCOCCOCCNC(=O)OC(C)(C)C. The molecule has 0 bridgehead atoms. The summed E-state index contributed by atoms with van der Waals surface area (Å²) in [6, 6.07) is 0. The van der Waals surface area contributed by atoms with Gasteiger partial charge in [-0.15, -0.1) is 0 Å². The lowest BCUT2D eigenvalue weighted by Gasteiger charge is -2.19. The van der Waals surface area contributed by atoms with Crippen LogP contribution in [0, 0.1) is 0 Å². The standard InChI is InChI=1S/C29H57NO13/c1-28(2,3)42-26(31)25-41-24-23-40-22-21-39-20-19-38-18-17-37-16-15-36-14-13-35-12-11-34-10-9-33-8-7-30-27(32)43-29(4,5)6/h7-25H2,1-6H3,(H,30,32). The zero-order chi connectivity index (χ0) is 32.1. The third kappa shape index (κ3) is 36.5. The van der Waals surface area contributed by atoms with Gasteiger partial charge in [-0.3, -0.25) is 0 Å². The van der Waals surface area contributed by atoms with Gasteiger partial charge < -0.3 is 57.4 Å². The van der Waals surface area contributed by atoms with Crippen LogP contribution in [-0.2, 0) is 56.9 Å². The van der Waals surface area contributed by atoms with Crippen molar-refractivity contribution >= 4 is 12.1 Å². The number of nitrogens with one attached hydrogen (secondary N) is 1. The first-order valence-electron chi connectivity index (χ1n) is 14.9. The first-order chi connectivity index (χ1) is 20.5. The number of carbonyl (C=O) groups is 2. The molecule has 43 heavy (non-hydrogen) atoms. The molecule has 256 valence electrons. The topological polar surface area (TPSA) is 148 Å². The average Bonchev–Trinajstić information content (AvgIpc) is 2.90. The largest absolute Gasteiger partial charge is 0.458 e. The van der Waals surface area contributed by atoms with E-state index in [0.717, 1.165) is 0 Å². The summed E-state index contributed by atoms with van der Waals surface area (Å²) in [4.78, 5) is 23.0. The van der Waals surface area contributed by atoms with Gasteiger partial charge in [0.05, 0.1) is 112 Å². The smallest absolute Gasteiger partial charge is 0.407 e. The monoisotopic (exact) mass is 627 g/mol. The Kier molecular flexibility index (Phi) is 26.8. The van der Waals surface area contributed by atoms with Crippen molar-refractivity contribution in [2.24, 2.45) is 0 Å². The van der Waals surface area contributed by atoms with Gasteiger partial charge in [0.1, 0.15) is 17.8 Å². The Morgan fingerprint density at radius 2 is 0.698 bits per heavy atom. The third-order valence-corrected chi connectivity index (χ3v) is 4.53. The van der Waals surface area contributed by atoms with Gasteiger partial charge in [-0.2, -0.15) is 0 Å². The first-order valence-corrected chi connectivity index (χ1v) is 14.9. The van der Waals surface area contributed by atoms with Crippen LogP contribution in [0.2, 0.25) is 0 Å². The Labute approximate surface area is 257 Å². The number of hydrogen-bond donors (Lipinski definition) is 1. The maximum atomic E-state index is 11.5. The van der Waals surface area contributed by atoms with Gasteiger partial charge in [0, 0.05) is 6.54 Å². The van der Waals surface area contributed by atoms with E-state index >= 15 is 0 Å². The van der Waals surface area contributed by atoms with Crippen LogP contribution in [0.3, 0.4) is 0 Å². The molecule has 1 N–H and O–H groups in total. The fraction of sp³-hybridized carbons (Fsp3) is 0.931. The summed E-state index contributed by atoms with van der Waals surface area (Å²) >= 11 is 0. The molecule has 1 amide bonds. The molecule has 0 fully saturated rings. The molecule has 0 aromatic rings. The van der Waals surface area contributed by atoms with E-state index < -0.39 is 17.3 Å². The molecule has 0 heterocycles. The summed E-state index contributed by atoms with van der Waals surface area (Å²) in [6.07, 6.45) is -0.456. The Balaban J connectivity index is 3.16. The number of amides is 1. The summed E-state index contributed by atoms with van der Waals surface area (Å²) in [5.41, 5.74) is -1.03. The Bertz CT molecular complexity index is 599. The molecule has 0 rings (SSSR count). The zero-order valence-electron chi connectivity index (χ0n) is 27.2. The molecule has 0 aliphatic heterocycles. The summed E-state index contributed by atoms with van der Waals surface area (Å²) < 4.78 is 58.9. The van der Waals surface area contributed by atoms with Crippen molar-refractivity contribution in [1.29, 1.82) is 0 Å². The second-order valence-corrected chi connectivity index (χ2v) is 11.0. The molecule has 14 nitrogen and oxygen atoms in total. The van der Waals surface area contributed by atoms with Crippen LogP contribution in [0.25, 0.3) is 0 Å². The highest BCUT2D eigenvalue weighted by Gasteiger charge is 2.16. The second-order valence-electron chi connectivity index (χ2n) is 11.0. The lowest BCUT2D eigenvalue weighted by Crippen LogP contribution is -2.34. The summed E-state index contributed by atoms with van der Waals surface area (Å²) in [7, 11) is 0. The number of ether oxygens (including phenoxy) is 11. The van der Waals surface area contributed by atoms with Crippen molar-refractivity contribution in [3.63, 3.8) is 0 Å². The summed E-state index contributed by atoms with van der Waals surface area (Å²) in [5.74, 6) is -0.390. The van der Waals surface area contributed by atoms with E-state index in [0.29, 0.717) is 119 Å².